The van der Waals surface area contributed by atoms with E-state index in [2.05, 4.69) is 5.32 Å². The molecule has 0 heterocycles. The summed E-state index contributed by atoms with van der Waals surface area (Å²) in [6, 6.07) is 11.3. The van der Waals surface area contributed by atoms with Crippen molar-refractivity contribution in [3.63, 3.8) is 0 Å². The highest BCUT2D eigenvalue weighted by molar-refractivity contribution is 6.31. The first-order chi connectivity index (χ1) is 8.58. The number of benzene rings is 2. The molecule has 0 aliphatic carbocycles. The zero-order chi connectivity index (χ0) is 13.1. The fourth-order valence-corrected chi connectivity index (χ4v) is 1.82. The second kappa shape index (κ2) is 5.19. The average Bonchev–Trinajstić information content (AvgIpc) is 2.33. The van der Waals surface area contributed by atoms with Gasteiger partial charge in [-0.15, -0.1) is 0 Å². The Morgan fingerprint density at radius 2 is 1.89 bits per heavy atom. The van der Waals surface area contributed by atoms with Crippen LogP contribution in [0.15, 0.2) is 36.4 Å². The van der Waals surface area contributed by atoms with Gasteiger partial charge < -0.3 is 15.8 Å². The lowest BCUT2D eigenvalue weighted by molar-refractivity contribution is 0.415. The smallest absolute Gasteiger partial charge is 0.122 e. The van der Waals surface area contributed by atoms with E-state index in [-0.39, 0.29) is 0 Å². The van der Waals surface area contributed by atoms with Gasteiger partial charge >= 0.3 is 0 Å². The molecule has 0 spiro atoms. The first kappa shape index (κ1) is 12.6. The van der Waals surface area contributed by atoms with Crippen LogP contribution in [0, 0.1) is 6.92 Å². The summed E-state index contributed by atoms with van der Waals surface area (Å²) in [4.78, 5) is 0. The van der Waals surface area contributed by atoms with Crippen molar-refractivity contribution in [1.82, 2.24) is 0 Å². The van der Waals surface area contributed by atoms with Crippen molar-refractivity contribution in [3.8, 4) is 5.75 Å². The van der Waals surface area contributed by atoms with Gasteiger partial charge in [0, 0.05) is 34.2 Å². The number of nitrogens with one attached hydrogen (secondary N) is 1. The van der Waals surface area contributed by atoms with E-state index >= 15 is 0 Å². The standard InChI is InChI=1S/C14H15ClN2O/c1-9-5-11(3-4-14(9)15)17-12-6-10(16)7-13(8-12)18-2/h3-8,17H,16H2,1-2H3. The summed E-state index contributed by atoms with van der Waals surface area (Å²) in [5.74, 6) is 0.725. The van der Waals surface area contributed by atoms with Gasteiger partial charge in [0.25, 0.3) is 0 Å². The van der Waals surface area contributed by atoms with Gasteiger partial charge in [-0.1, -0.05) is 11.6 Å². The van der Waals surface area contributed by atoms with E-state index in [0.29, 0.717) is 5.69 Å². The van der Waals surface area contributed by atoms with Gasteiger partial charge in [-0.2, -0.15) is 0 Å². The number of nitrogen functional groups attached to an aromatic ring is 1. The molecule has 0 atom stereocenters. The Balaban J connectivity index is 2.27. The van der Waals surface area contributed by atoms with Crippen LogP contribution in [0.25, 0.3) is 0 Å². The van der Waals surface area contributed by atoms with Crippen molar-refractivity contribution in [3.05, 3.63) is 47.0 Å². The van der Waals surface area contributed by atoms with Gasteiger partial charge in [0.1, 0.15) is 5.75 Å². The van der Waals surface area contributed by atoms with Crippen LogP contribution < -0.4 is 15.8 Å². The van der Waals surface area contributed by atoms with Crippen LogP contribution in [-0.2, 0) is 0 Å². The molecule has 0 saturated heterocycles. The second-order valence-corrected chi connectivity index (χ2v) is 4.49. The van der Waals surface area contributed by atoms with Crippen LogP contribution in [-0.4, -0.2) is 7.11 Å². The Kier molecular flexibility index (Phi) is 3.63. The third kappa shape index (κ3) is 2.87. The molecule has 0 saturated carbocycles. The molecule has 2 aromatic rings. The van der Waals surface area contributed by atoms with Crippen molar-refractivity contribution in [2.75, 3.05) is 18.2 Å². The van der Waals surface area contributed by atoms with Gasteiger partial charge in [0.05, 0.1) is 7.11 Å². The van der Waals surface area contributed by atoms with Gasteiger partial charge in [-0.3, -0.25) is 0 Å². The maximum absolute atomic E-state index is 5.99. The summed E-state index contributed by atoms with van der Waals surface area (Å²) in [5, 5.41) is 4.02. The van der Waals surface area contributed by atoms with Crippen LogP contribution in [0.5, 0.6) is 5.75 Å². The van der Waals surface area contributed by atoms with E-state index in [1.807, 2.05) is 37.3 Å². The minimum Gasteiger partial charge on any atom is -0.497 e. The number of anilines is 3. The Hall–Kier alpha value is -1.87. The summed E-state index contributed by atoms with van der Waals surface area (Å²) in [5.41, 5.74) is 9.33. The van der Waals surface area contributed by atoms with Crippen molar-refractivity contribution in [1.29, 1.82) is 0 Å². The molecule has 4 heteroatoms. The highest BCUT2D eigenvalue weighted by Crippen LogP contribution is 2.27. The van der Waals surface area contributed by atoms with Crippen LogP contribution in [0.3, 0.4) is 0 Å². The molecular weight excluding hydrogens is 248 g/mol. The topological polar surface area (TPSA) is 47.3 Å². The second-order valence-electron chi connectivity index (χ2n) is 4.08. The lowest BCUT2D eigenvalue weighted by Gasteiger charge is -2.10. The van der Waals surface area contributed by atoms with Crippen molar-refractivity contribution >= 4 is 28.7 Å². The lowest BCUT2D eigenvalue weighted by Crippen LogP contribution is -1.95. The number of ether oxygens (including phenoxy) is 1. The monoisotopic (exact) mass is 262 g/mol. The van der Waals surface area contributed by atoms with Gasteiger partial charge in [0.2, 0.25) is 0 Å². The fraction of sp³-hybridized carbons (Fsp3) is 0.143. The Labute approximate surface area is 112 Å². The van der Waals surface area contributed by atoms with E-state index in [1.165, 1.54) is 0 Å². The maximum Gasteiger partial charge on any atom is 0.122 e. The SMILES string of the molecule is COc1cc(N)cc(Nc2ccc(Cl)c(C)c2)c1. The van der Waals surface area contributed by atoms with E-state index < -0.39 is 0 Å². The third-order valence-corrected chi connectivity index (χ3v) is 3.04. The molecule has 0 aromatic heterocycles. The quantitative estimate of drug-likeness (QED) is 0.823. The van der Waals surface area contributed by atoms with Gasteiger partial charge in [-0.05, 0) is 36.8 Å². The summed E-state index contributed by atoms with van der Waals surface area (Å²) in [7, 11) is 1.62. The molecule has 0 radical (unpaired) electrons. The number of methoxy groups -OCH3 is 1. The molecule has 0 amide bonds. The normalized spacial score (nSPS) is 10.2. The third-order valence-electron chi connectivity index (χ3n) is 2.61. The summed E-state index contributed by atoms with van der Waals surface area (Å²) < 4.78 is 5.18. The molecule has 0 bridgehead atoms. The predicted octanol–water partition coefficient (Wildman–Crippen LogP) is 3.98. The number of halogens is 1. The van der Waals surface area contributed by atoms with Gasteiger partial charge in [0.15, 0.2) is 0 Å². The number of rotatable bonds is 3. The van der Waals surface area contributed by atoms with Crippen LogP contribution >= 0.6 is 11.6 Å². The van der Waals surface area contributed by atoms with Crippen molar-refractivity contribution in [2.45, 2.75) is 6.92 Å². The molecule has 0 unspecified atom stereocenters. The molecule has 2 rings (SSSR count). The van der Waals surface area contributed by atoms with Crippen LogP contribution in [0.1, 0.15) is 5.56 Å². The number of nitrogens with two attached hydrogens (primary N) is 1. The minimum atomic E-state index is 0.655. The highest BCUT2D eigenvalue weighted by Gasteiger charge is 2.01. The molecule has 0 aliphatic rings. The Morgan fingerprint density at radius 3 is 2.56 bits per heavy atom. The van der Waals surface area contributed by atoms with E-state index in [1.54, 1.807) is 13.2 Å². The largest absolute Gasteiger partial charge is 0.497 e. The summed E-state index contributed by atoms with van der Waals surface area (Å²) in [6.07, 6.45) is 0. The first-order valence-corrected chi connectivity index (χ1v) is 5.94. The van der Waals surface area contributed by atoms with E-state index in [4.69, 9.17) is 22.1 Å². The van der Waals surface area contributed by atoms with Gasteiger partial charge in [-0.25, -0.2) is 0 Å². The molecule has 94 valence electrons. The molecule has 3 nitrogen and oxygen atoms in total. The fourth-order valence-electron chi connectivity index (χ4n) is 1.70. The molecule has 18 heavy (non-hydrogen) atoms. The Morgan fingerprint density at radius 1 is 1.11 bits per heavy atom. The summed E-state index contributed by atoms with van der Waals surface area (Å²) in [6.45, 7) is 1.97. The van der Waals surface area contributed by atoms with E-state index in [9.17, 15) is 0 Å². The number of hydrogen-bond donors (Lipinski definition) is 2. The summed E-state index contributed by atoms with van der Waals surface area (Å²) >= 11 is 5.99. The van der Waals surface area contributed by atoms with E-state index in [0.717, 1.165) is 27.7 Å². The van der Waals surface area contributed by atoms with Crippen LogP contribution in [0.2, 0.25) is 5.02 Å². The zero-order valence-electron chi connectivity index (χ0n) is 10.3. The van der Waals surface area contributed by atoms with Crippen molar-refractivity contribution in [2.24, 2.45) is 0 Å². The number of hydrogen-bond acceptors (Lipinski definition) is 3. The lowest BCUT2D eigenvalue weighted by atomic mass is 10.2. The number of aryl methyl sites for hydroxylation is 1. The molecule has 0 fully saturated rings. The molecule has 0 aliphatic heterocycles. The molecular formula is C14H15ClN2O. The predicted molar refractivity (Wildman–Crippen MR) is 76.9 cm³/mol. The highest BCUT2D eigenvalue weighted by atomic mass is 35.5. The average molecular weight is 263 g/mol. The zero-order valence-corrected chi connectivity index (χ0v) is 11.1. The molecule has 2 aromatic carbocycles. The Bertz CT molecular complexity index is 570. The maximum atomic E-state index is 5.99. The van der Waals surface area contributed by atoms with Crippen molar-refractivity contribution < 1.29 is 4.74 Å². The van der Waals surface area contributed by atoms with Crippen LogP contribution in [0.4, 0.5) is 17.1 Å². The molecule has 3 N–H and O–H groups in total. The first-order valence-electron chi connectivity index (χ1n) is 5.56. The minimum absolute atomic E-state index is 0.655.